The normalized spacial score (nSPS) is 21.7. The van der Waals surface area contributed by atoms with Crippen LogP contribution in [0, 0.1) is 0 Å². The average molecular weight is 310 g/mol. The number of carboxylic acid groups (broad SMARTS) is 1. The molecule has 22 heavy (non-hydrogen) atoms. The molecule has 0 spiro atoms. The molecule has 1 aromatic heterocycles. The van der Waals surface area contributed by atoms with Crippen molar-refractivity contribution in [2.24, 2.45) is 0 Å². The number of aromatic nitrogens is 1. The third-order valence-corrected chi connectivity index (χ3v) is 4.76. The highest BCUT2D eigenvalue weighted by atomic mass is 32.2. The highest BCUT2D eigenvalue weighted by Gasteiger charge is 2.49. The minimum Gasteiger partial charge on any atom is -0.477 e. The van der Waals surface area contributed by atoms with Crippen molar-refractivity contribution in [3.63, 3.8) is 0 Å². The smallest absolute Gasteiger partial charge is 0.353 e. The fraction of sp³-hybridized carbons (Fsp3) is 0.0625. The van der Waals surface area contributed by atoms with Gasteiger partial charge in [0.25, 0.3) is 5.91 Å². The Labute approximate surface area is 129 Å². The summed E-state index contributed by atoms with van der Waals surface area (Å²) in [5.41, 5.74) is 2.19. The quantitative estimate of drug-likeness (QED) is 0.681. The van der Waals surface area contributed by atoms with Crippen LogP contribution in [0.15, 0.2) is 53.1 Å². The highest BCUT2D eigenvalue weighted by Crippen LogP contribution is 2.44. The number of hydrogen-bond donors (Lipinski definition) is 1. The molecule has 1 unspecified atom stereocenters. The summed E-state index contributed by atoms with van der Waals surface area (Å²) in [4.78, 5) is 29.0. The number of carboxylic acids is 1. The molecule has 1 N–H and O–H groups in total. The van der Waals surface area contributed by atoms with Crippen molar-refractivity contribution < 1.29 is 14.7 Å². The first-order chi connectivity index (χ1) is 10.6. The van der Waals surface area contributed by atoms with E-state index in [2.05, 4.69) is 4.98 Å². The maximum atomic E-state index is 12.1. The van der Waals surface area contributed by atoms with Gasteiger partial charge in [-0.25, -0.2) is 9.78 Å². The van der Waals surface area contributed by atoms with Crippen LogP contribution in [0.4, 0.5) is 0 Å². The number of fused-ring (bicyclic) bond motifs is 2. The first-order valence-corrected chi connectivity index (χ1v) is 7.59. The number of amides is 1. The summed E-state index contributed by atoms with van der Waals surface area (Å²) < 4.78 is 0. The van der Waals surface area contributed by atoms with E-state index in [9.17, 15) is 9.59 Å². The van der Waals surface area contributed by atoms with Crippen LogP contribution in [0.25, 0.3) is 17.0 Å². The van der Waals surface area contributed by atoms with Gasteiger partial charge in [-0.2, -0.15) is 0 Å². The van der Waals surface area contributed by atoms with Crippen LogP contribution in [-0.2, 0) is 9.59 Å². The Morgan fingerprint density at radius 1 is 1.27 bits per heavy atom. The number of β-lactam (4-membered cyclic amide) rings is 1. The summed E-state index contributed by atoms with van der Waals surface area (Å²) in [6.45, 7) is 0. The Bertz CT molecular complexity index is 888. The molecule has 0 saturated carbocycles. The molecule has 3 heterocycles. The molecule has 0 aliphatic carbocycles. The molecule has 2 aliphatic heterocycles. The maximum Gasteiger partial charge on any atom is 0.353 e. The minimum atomic E-state index is -1.08. The molecular formula is C16H10N2O3S. The molecule has 108 valence electrons. The lowest BCUT2D eigenvalue weighted by Crippen LogP contribution is -2.51. The Morgan fingerprint density at radius 3 is 2.91 bits per heavy atom. The molecule has 1 aromatic carbocycles. The number of hydrogen-bond acceptors (Lipinski definition) is 4. The van der Waals surface area contributed by atoms with Crippen molar-refractivity contribution in [1.82, 2.24) is 9.88 Å². The molecule has 1 atom stereocenters. The number of nitrogens with zero attached hydrogens (tertiary/aromatic N) is 2. The number of benzene rings is 1. The largest absolute Gasteiger partial charge is 0.477 e. The van der Waals surface area contributed by atoms with Gasteiger partial charge >= 0.3 is 5.97 Å². The molecule has 5 nitrogen and oxygen atoms in total. The fourth-order valence-corrected chi connectivity index (χ4v) is 3.71. The third-order valence-electron chi connectivity index (χ3n) is 3.68. The van der Waals surface area contributed by atoms with E-state index in [-0.39, 0.29) is 17.0 Å². The lowest BCUT2D eigenvalue weighted by Gasteiger charge is -2.37. The summed E-state index contributed by atoms with van der Waals surface area (Å²) in [7, 11) is 0. The van der Waals surface area contributed by atoms with Gasteiger partial charge in [0.05, 0.1) is 16.8 Å². The van der Waals surface area contributed by atoms with Crippen molar-refractivity contribution in [2.45, 2.75) is 5.37 Å². The maximum absolute atomic E-state index is 12.1. The predicted octanol–water partition coefficient (Wildman–Crippen LogP) is 2.46. The van der Waals surface area contributed by atoms with Crippen molar-refractivity contribution in [3.8, 4) is 0 Å². The zero-order valence-corrected chi connectivity index (χ0v) is 12.1. The lowest BCUT2D eigenvalue weighted by molar-refractivity contribution is -0.141. The second-order valence-corrected chi connectivity index (χ2v) is 5.95. The summed E-state index contributed by atoms with van der Waals surface area (Å²) in [6.07, 6.45) is 1.74. The molecule has 2 aliphatic rings. The summed E-state index contributed by atoms with van der Waals surface area (Å²) in [5.74, 6) is -1.34. The van der Waals surface area contributed by atoms with Gasteiger partial charge in [-0.05, 0) is 18.2 Å². The van der Waals surface area contributed by atoms with Gasteiger partial charge in [-0.15, -0.1) is 11.8 Å². The van der Waals surface area contributed by atoms with E-state index >= 15 is 0 Å². The van der Waals surface area contributed by atoms with Gasteiger partial charge in [0.15, 0.2) is 0 Å². The van der Waals surface area contributed by atoms with Gasteiger partial charge in [-0.3, -0.25) is 9.69 Å². The molecule has 0 radical (unpaired) electrons. The van der Waals surface area contributed by atoms with Crippen molar-refractivity contribution in [2.75, 3.05) is 0 Å². The number of aliphatic carboxylic acids is 1. The minimum absolute atomic E-state index is 0.0450. The lowest BCUT2D eigenvalue weighted by atomic mass is 10.0. The van der Waals surface area contributed by atoms with E-state index in [1.807, 2.05) is 36.4 Å². The molecular weight excluding hydrogens is 300 g/mol. The first kappa shape index (κ1) is 13.1. The summed E-state index contributed by atoms with van der Waals surface area (Å²) in [6, 6.07) is 11.6. The van der Waals surface area contributed by atoms with Gasteiger partial charge in [-0.1, -0.05) is 24.3 Å². The van der Waals surface area contributed by atoms with E-state index in [0.29, 0.717) is 11.3 Å². The topological polar surface area (TPSA) is 70.5 Å². The molecule has 1 fully saturated rings. The number of carbonyl (C=O) groups is 2. The SMILES string of the molecule is O=C(O)C1=CSC2C(=Cc3ccc4ccccc4n3)C(=O)N12. The molecule has 6 heteroatoms. The molecule has 1 saturated heterocycles. The predicted molar refractivity (Wildman–Crippen MR) is 83.7 cm³/mol. The molecule has 1 amide bonds. The van der Waals surface area contributed by atoms with Crippen LogP contribution in [0.1, 0.15) is 5.69 Å². The molecule has 0 bridgehead atoms. The van der Waals surface area contributed by atoms with Crippen molar-refractivity contribution in [1.29, 1.82) is 0 Å². The monoisotopic (exact) mass is 310 g/mol. The van der Waals surface area contributed by atoms with Crippen LogP contribution in [0.5, 0.6) is 0 Å². The van der Waals surface area contributed by atoms with Gasteiger partial charge in [0.1, 0.15) is 11.1 Å². The molecule has 2 aromatic rings. The van der Waals surface area contributed by atoms with E-state index in [0.717, 1.165) is 10.9 Å². The standard InChI is InChI=1S/C16H10N2O3S/c19-14-11(15-18(14)13(8-22-15)16(20)21)7-10-6-5-9-3-1-2-4-12(9)17-10/h1-8,15H,(H,20,21). The van der Waals surface area contributed by atoms with E-state index in [4.69, 9.17) is 5.11 Å². The summed E-state index contributed by atoms with van der Waals surface area (Å²) >= 11 is 1.33. The summed E-state index contributed by atoms with van der Waals surface area (Å²) in [5, 5.41) is 11.3. The van der Waals surface area contributed by atoms with Crippen LogP contribution in [0.3, 0.4) is 0 Å². The Kier molecular flexibility index (Phi) is 2.80. The number of pyridine rings is 1. The van der Waals surface area contributed by atoms with Crippen LogP contribution in [-0.4, -0.2) is 32.2 Å². The Hall–Kier alpha value is -2.60. The number of thioether (sulfide) groups is 1. The van der Waals surface area contributed by atoms with Gasteiger partial charge in [0, 0.05) is 10.8 Å². The van der Waals surface area contributed by atoms with Crippen LogP contribution < -0.4 is 0 Å². The number of carbonyl (C=O) groups excluding carboxylic acids is 1. The highest BCUT2D eigenvalue weighted by molar-refractivity contribution is 8.03. The van der Waals surface area contributed by atoms with Gasteiger partial charge < -0.3 is 5.11 Å². The Balaban J connectivity index is 1.67. The van der Waals surface area contributed by atoms with E-state index in [1.54, 1.807) is 6.08 Å². The Morgan fingerprint density at radius 2 is 2.09 bits per heavy atom. The fourth-order valence-electron chi connectivity index (χ4n) is 2.59. The molecule has 4 rings (SSSR count). The second-order valence-electron chi connectivity index (χ2n) is 5.00. The second kappa shape index (κ2) is 4.71. The zero-order chi connectivity index (χ0) is 15.3. The van der Waals surface area contributed by atoms with Crippen LogP contribution >= 0.6 is 11.8 Å². The van der Waals surface area contributed by atoms with Crippen LogP contribution in [0.2, 0.25) is 0 Å². The number of para-hydroxylation sites is 1. The first-order valence-electron chi connectivity index (χ1n) is 6.65. The van der Waals surface area contributed by atoms with Crippen molar-refractivity contribution >= 4 is 40.6 Å². The van der Waals surface area contributed by atoms with Crippen molar-refractivity contribution in [3.05, 3.63) is 58.8 Å². The third kappa shape index (κ3) is 1.84. The zero-order valence-electron chi connectivity index (χ0n) is 11.3. The van der Waals surface area contributed by atoms with Gasteiger partial charge in [0.2, 0.25) is 0 Å². The van der Waals surface area contributed by atoms with E-state index < -0.39 is 5.97 Å². The average Bonchev–Trinajstić information content (AvgIpc) is 2.93. The van der Waals surface area contributed by atoms with E-state index in [1.165, 1.54) is 22.1 Å². The number of rotatable bonds is 2.